The second kappa shape index (κ2) is 5.19. The van der Waals surface area contributed by atoms with Crippen molar-refractivity contribution in [3.63, 3.8) is 0 Å². The van der Waals surface area contributed by atoms with Crippen LogP contribution in [0.25, 0.3) is 0 Å². The molecule has 1 N–H and O–H groups in total. The lowest BCUT2D eigenvalue weighted by atomic mass is 10.3. The van der Waals surface area contributed by atoms with Gasteiger partial charge in [0.25, 0.3) is 0 Å². The van der Waals surface area contributed by atoms with Crippen LogP contribution in [0.4, 0.5) is 0 Å². The molecule has 0 aliphatic rings. The Morgan fingerprint density at radius 3 is 2.38 bits per heavy atom. The molecule has 3 nitrogen and oxygen atoms in total. The minimum atomic E-state index is -1.43. The number of amides is 1. The van der Waals surface area contributed by atoms with Crippen LogP contribution in [0.15, 0.2) is 12.2 Å². The van der Waals surface area contributed by atoms with E-state index in [9.17, 15) is 4.79 Å². The van der Waals surface area contributed by atoms with E-state index < -0.39 is 8.32 Å². The maximum atomic E-state index is 11.0. The van der Waals surface area contributed by atoms with Gasteiger partial charge in [-0.3, -0.25) is 4.79 Å². The molecule has 0 fully saturated rings. The average molecular weight is 201 g/mol. The zero-order valence-electron chi connectivity index (χ0n) is 8.94. The highest BCUT2D eigenvalue weighted by molar-refractivity contribution is 6.69. The van der Waals surface area contributed by atoms with Crippen LogP contribution >= 0.6 is 0 Å². The molecule has 76 valence electrons. The Kier molecular flexibility index (Phi) is 4.94. The highest BCUT2D eigenvalue weighted by Crippen LogP contribution is 2.00. The number of rotatable bonds is 5. The Balaban J connectivity index is 3.47. The Bertz CT molecular complexity index is 196. The van der Waals surface area contributed by atoms with Crippen molar-refractivity contribution in [2.45, 2.75) is 26.6 Å². The van der Waals surface area contributed by atoms with E-state index in [2.05, 4.69) is 31.5 Å². The lowest BCUT2D eigenvalue weighted by Gasteiger charge is -2.17. The largest absolute Gasteiger partial charge is 0.416 e. The summed E-state index contributed by atoms with van der Waals surface area (Å²) < 4.78 is 5.55. The summed E-state index contributed by atoms with van der Waals surface area (Å²) >= 11 is 0. The van der Waals surface area contributed by atoms with Crippen LogP contribution in [0, 0.1) is 0 Å². The average Bonchev–Trinajstić information content (AvgIpc) is 1.95. The van der Waals surface area contributed by atoms with Crippen LogP contribution in [0.2, 0.25) is 19.6 Å². The molecular weight excluding hydrogens is 182 g/mol. The number of carbonyl (C=O) groups excluding carboxylic acids is 1. The van der Waals surface area contributed by atoms with Gasteiger partial charge in [-0.1, -0.05) is 6.58 Å². The van der Waals surface area contributed by atoms with Crippen molar-refractivity contribution in [3.05, 3.63) is 12.2 Å². The molecule has 0 aliphatic carbocycles. The van der Waals surface area contributed by atoms with E-state index in [-0.39, 0.29) is 5.91 Å². The van der Waals surface area contributed by atoms with E-state index in [1.165, 1.54) is 0 Å². The molecule has 0 aromatic heterocycles. The second-order valence-corrected chi connectivity index (χ2v) is 8.51. The molecule has 0 saturated heterocycles. The summed E-state index contributed by atoms with van der Waals surface area (Å²) in [5.41, 5.74) is 0.535. The fourth-order valence-electron chi connectivity index (χ4n) is 0.673. The van der Waals surface area contributed by atoms with E-state index in [1.54, 1.807) is 6.92 Å². The van der Waals surface area contributed by atoms with Gasteiger partial charge in [-0.05, 0) is 26.6 Å². The number of hydrogen-bond donors (Lipinski definition) is 1. The first-order valence-electron chi connectivity index (χ1n) is 4.40. The van der Waals surface area contributed by atoms with E-state index in [0.717, 1.165) is 0 Å². The highest BCUT2D eigenvalue weighted by Gasteiger charge is 2.13. The third-order valence-corrected chi connectivity index (χ3v) is 2.38. The van der Waals surface area contributed by atoms with Gasteiger partial charge in [0.05, 0.1) is 6.61 Å². The predicted molar refractivity (Wildman–Crippen MR) is 57.1 cm³/mol. The molecule has 0 bridgehead atoms. The monoisotopic (exact) mass is 201 g/mol. The summed E-state index contributed by atoms with van der Waals surface area (Å²) in [5.74, 6) is -0.0980. The molecule has 0 saturated carbocycles. The normalized spacial score (nSPS) is 11.1. The Labute approximate surface area is 81.3 Å². The molecule has 1 amide bonds. The summed E-state index contributed by atoms with van der Waals surface area (Å²) in [7, 11) is -1.43. The summed E-state index contributed by atoms with van der Waals surface area (Å²) in [5, 5.41) is 2.71. The third kappa shape index (κ3) is 7.74. The van der Waals surface area contributed by atoms with Gasteiger partial charge in [0.1, 0.15) is 0 Å². The fourth-order valence-corrected chi connectivity index (χ4v) is 1.39. The predicted octanol–water partition coefficient (Wildman–Crippen LogP) is 1.53. The maximum absolute atomic E-state index is 11.0. The fraction of sp³-hybridized carbons (Fsp3) is 0.667. The summed E-state index contributed by atoms with van der Waals surface area (Å²) in [6.45, 7) is 12.7. The topological polar surface area (TPSA) is 38.3 Å². The van der Waals surface area contributed by atoms with Crippen molar-refractivity contribution in [1.29, 1.82) is 0 Å². The molecule has 0 aromatic rings. The van der Waals surface area contributed by atoms with Crippen LogP contribution in [-0.4, -0.2) is 27.4 Å². The highest BCUT2D eigenvalue weighted by atomic mass is 28.4. The van der Waals surface area contributed by atoms with Gasteiger partial charge >= 0.3 is 0 Å². The van der Waals surface area contributed by atoms with Crippen molar-refractivity contribution >= 4 is 14.2 Å². The number of hydrogen-bond acceptors (Lipinski definition) is 2. The van der Waals surface area contributed by atoms with Crippen LogP contribution < -0.4 is 5.32 Å². The molecule has 0 aliphatic heterocycles. The zero-order chi connectivity index (χ0) is 10.5. The Hall–Kier alpha value is -0.613. The zero-order valence-corrected chi connectivity index (χ0v) is 9.94. The summed E-state index contributed by atoms with van der Waals surface area (Å²) in [6.07, 6.45) is 0. The lowest BCUT2D eigenvalue weighted by molar-refractivity contribution is -0.117. The third-order valence-electron chi connectivity index (χ3n) is 1.31. The van der Waals surface area contributed by atoms with Crippen LogP contribution in [-0.2, 0) is 9.22 Å². The Morgan fingerprint density at radius 1 is 1.46 bits per heavy atom. The van der Waals surface area contributed by atoms with E-state index in [0.29, 0.717) is 18.7 Å². The molecule has 0 aromatic carbocycles. The Morgan fingerprint density at radius 2 is 2.00 bits per heavy atom. The molecule has 0 rings (SSSR count). The molecule has 13 heavy (non-hydrogen) atoms. The van der Waals surface area contributed by atoms with Gasteiger partial charge in [-0.25, -0.2) is 0 Å². The smallest absolute Gasteiger partial charge is 0.246 e. The first kappa shape index (κ1) is 12.4. The molecule has 0 radical (unpaired) electrons. The van der Waals surface area contributed by atoms with Crippen LogP contribution in [0.5, 0.6) is 0 Å². The van der Waals surface area contributed by atoms with Crippen molar-refractivity contribution in [2.24, 2.45) is 0 Å². The molecule has 0 spiro atoms. The summed E-state index contributed by atoms with van der Waals surface area (Å²) in [4.78, 5) is 11.0. The maximum Gasteiger partial charge on any atom is 0.246 e. The summed E-state index contributed by atoms with van der Waals surface area (Å²) in [6, 6.07) is 0. The van der Waals surface area contributed by atoms with Crippen LogP contribution in [0.1, 0.15) is 6.92 Å². The minimum absolute atomic E-state index is 0.0980. The molecular formula is C9H19NO2Si. The van der Waals surface area contributed by atoms with E-state index >= 15 is 0 Å². The van der Waals surface area contributed by atoms with Gasteiger partial charge in [0, 0.05) is 12.1 Å². The van der Waals surface area contributed by atoms with Crippen molar-refractivity contribution in [2.75, 3.05) is 13.2 Å². The lowest BCUT2D eigenvalue weighted by Crippen LogP contribution is -2.33. The van der Waals surface area contributed by atoms with Crippen molar-refractivity contribution in [3.8, 4) is 0 Å². The quantitative estimate of drug-likeness (QED) is 0.416. The SMILES string of the molecule is C=C(C)C(=O)NCCO[Si](C)(C)C. The van der Waals surface area contributed by atoms with Crippen molar-refractivity contribution < 1.29 is 9.22 Å². The van der Waals surface area contributed by atoms with Gasteiger partial charge in [-0.2, -0.15) is 0 Å². The first-order valence-corrected chi connectivity index (χ1v) is 7.81. The molecule has 0 heterocycles. The van der Waals surface area contributed by atoms with Crippen molar-refractivity contribution in [1.82, 2.24) is 5.32 Å². The molecule has 0 unspecified atom stereocenters. The first-order chi connectivity index (χ1) is 5.83. The van der Waals surface area contributed by atoms with Gasteiger partial charge in [0.2, 0.25) is 5.91 Å². The second-order valence-electron chi connectivity index (χ2n) is 4.00. The standard InChI is InChI=1S/C9H19NO2Si/c1-8(2)9(11)10-6-7-12-13(3,4)5/h1,6-7H2,2-5H3,(H,10,11). The molecule has 4 heteroatoms. The number of nitrogens with one attached hydrogen (secondary N) is 1. The van der Waals surface area contributed by atoms with Crippen LogP contribution in [0.3, 0.4) is 0 Å². The van der Waals surface area contributed by atoms with E-state index in [4.69, 9.17) is 4.43 Å². The minimum Gasteiger partial charge on any atom is -0.416 e. The van der Waals surface area contributed by atoms with E-state index in [1.807, 2.05) is 0 Å². The van der Waals surface area contributed by atoms with Gasteiger partial charge in [0.15, 0.2) is 8.32 Å². The van der Waals surface area contributed by atoms with Gasteiger partial charge < -0.3 is 9.74 Å². The number of carbonyl (C=O) groups is 1. The molecule has 0 atom stereocenters. The van der Waals surface area contributed by atoms with Gasteiger partial charge in [-0.15, -0.1) is 0 Å².